The van der Waals surface area contributed by atoms with E-state index in [9.17, 15) is 19.5 Å². The van der Waals surface area contributed by atoms with E-state index in [1.807, 2.05) is 0 Å². The lowest BCUT2D eigenvalue weighted by atomic mass is 9.43. The molecule has 8 heteroatoms. The van der Waals surface area contributed by atoms with Crippen LogP contribution in [0.1, 0.15) is 85.0 Å². The Morgan fingerprint density at radius 2 is 1.64 bits per heavy atom. The van der Waals surface area contributed by atoms with E-state index in [2.05, 4.69) is 20.8 Å². The minimum Gasteiger partial charge on any atom is -0.481 e. The van der Waals surface area contributed by atoms with Gasteiger partial charge in [0.2, 0.25) is 0 Å². The van der Waals surface area contributed by atoms with Crippen molar-refractivity contribution >= 4 is 41.1 Å². The smallest absolute Gasteiger partial charge is 0.321 e. The highest BCUT2D eigenvalue weighted by molar-refractivity contribution is 6.26. The largest absolute Gasteiger partial charge is 0.481 e. The van der Waals surface area contributed by atoms with Crippen LogP contribution in [0, 0.1) is 46.3 Å². The van der Waals surface area contributed by atoms with E-state index in [0.29, 0.717) is 36.0 Å². The van der Waals surface area contributed by atoms with Gasteiger partial charge in [0.25, 0.3) is 0 Å². The Hall–Kier alpha value is -1.01. The van der Waals surface area contributed by atoms with Crippen LogP contribution in [0.15, 0.2) is 0 Å². The van der Waals surface area contributed by atoms with Gasteiger partial charge in [-0.25, -0.2) is 0 Å². The Kier molecular flexibility index (Phi) is 8.56. The summed E-state index contributed by atoms with van der Waals surface area (Å²) in [4.78, 5) is 35.6. The maximum absolute atomic E-state index is 12.5. The molecule has 0 saturated heterocycles. The quantitative estimate of drug-likeness (QED) is 0.295. The van der Waals surface area contributed by atoms with Crippen molar-refractivity contribution in [1.29, 1.82) is 0 Å². The number of carbonyl (C=O) groups excluding carboxylic acids is 2. The second-order valence-electron chi connectivity index (χ2n) is 12.5. The Morgan fingerprint density at radius 1 is 0.944 bits per heavy atom. The van der Waals surface area contributed by atoms with Crippen molar-refractivity contribution in [1.82, 2.24) is 0 Å². The molecule has 204 valence electrons. The van der Waals surface area contributed by atoms with E-state index >= 15 is 0 Å². The molecule has 0 aromatic carbocycles. The van der Waals surface area contributed by atoms with E-state index < -0.39 is 5.97 Å². The summed E-state index contributed by atoms with van der Waals surface area (Å²) in [5, 5.41) is 9.26. The molecule has 0 bridgehead atoms. The van der Waals surface area contributed by atoms with E-state index in [4.69, 9.17) is 32.7 Å². The number of carboxylic acids is 1. The van der Waals surface area contributed by atoms with Gasteiger partial charge in [-0.15, -0.1) is 23.2 Å². The van der Waals surface area contributed by atoms with Crippen LogP contribution in [0.4, 0.5) is 0 Å². The lowest BCUT2D eigenvalue weighted by molar-refractivity contribution is -0.197. The molecule has 36 heavy (non-hydrogen) atoms. The Labute approximate surface area is 225 Å². The molecule has 10 atom stereocenters. The maximum Gasteiger partial charge on any atom is 0.321 e. The zero-order valence-corrected chi connectivity index (χ0v) is 23.4. The average Bonchev–Trinajstić information content (AvgIpc) is 3.21. The van der Waals surface area contributed by atoms with E-state index in [-0.39, 0.29) is 59.1 Å². The highest BCUT2D eigenvalue weighted by Gasteiger charge is 2.65. The van der Waals surface area contributed by atoms with E-state index in [1.165, 1.54) is 0 Å². The SMILES string of the molecule is C[C@H](CCC(=O)O)[C@H]1CC[C@H]2[C@@H]3CC[C@@H]4C[C@H](OC(=O)CCl)CC[C@]4(C)[C@H]3C[C@H](OC(=O)CCl)[C@]12C. The lowest BCUT2D eigenvalue weighted by Crippen LogP contribution is -2.59. The Bertz CT molecular complexity index is 850. The molecule has 0 amide bonds. The standard InChI is InChI=1S/C28H42Cl2O6/c1-16(4-9-24(31)32)20-7-8-21-19-6-5-17-12-18(35-25(33)14-29)10-11-27(17,2)22(19)13-23(28(20,21)3)36-26(34)15-30/h16-23H,4-15H2,1-3H3,(H,31,32)/t16-,17-,18-,19+,20-,21+,22+,23+,27+,28-/m1/s1. The number of fused-ring (bicyclic) bond motifs is 5. The van der Waals surface area contributed by atoms with Gasteiger partial charge in [-0.2, -0.15) is 0 Å². The fraction of sp³-hybridized carbons (Fsp3) is 0.893. The number of esters is 2. The summed E-state index contributed by atoms with van der Waals surface area (Å²) in [6.45, 7) is 6.90. The molecule has 0 unspecified atom stereocenters. The van der Waals surface area contributed by atoms with Gasteiger partial charge >= 0.3 is 17.9 Å². The van der Waals surface area contributed by atoms with Gasteiger partial charge in [-0.1, -0.05) is 20.8 Å². The highest BCUT2D eigenvalue weighted by Crippen LogP contribution is 2.69. The average molecular weight is 546 g/mol. The summed E-state index contributed by atoms with van der Waals surface area (Å²) >= 11 is 11.6. The van der Waals surface area contributed by atoms with Crippen molar-refractivity contribution in [2.24, 2.45) is 46.3 Å². The van der Waals surface area contributed by atoms with Crippen LogP contribution in [0.3, 0.4) is 0 Å². The molecule has 4 fully saturated rings. The normalized spacial score (nSPS) is 42.4. The third-order valence-corrected chi connectivity index (χ3v) is 11.5. The van der Waals surface area contributed by atoms with Gasteiger partial charge in [-0.05, 0) is 98.7 Å². The molecule has 0 aromatic rings. The first-order chi connectivity index (χ1) is 17.0. The third-order valence-electron chi connectivity index (χ3n) is 11.1. The van der Waals surface area contributed by atoms with Gasteiger partial charge in [0.05, 0.1) is 0 Å². The van der Waals surface area contributed by atoms with Crippen molar-refractivity contribution in [3.63, 3.8) is 0 Å². The number of rotatable bonds is 8. The van der Waals surface area contributed by atoms with Gasteiger partial charge in [0.1, 0.15) is 24.0 Å². The number of alkyl halides is 2. The molecule has 0 aliphatic heterocycles. The number of carboxylic acid groups (broad SMARTS) is 1. The molecule has 4 rings (SSSR count). The summed E-state index contributed by atoms with van der Waals surface area (Å²) < 4.78 is 11.8. The summed E-state index contributed by atoms with van der Waals surface area (Å²) in [6, 6.07) is 0. The molecule has 0 radical (unpaired) electrons. The summed E-state index contributed by atoms with van der Waals surface area (Å²) in [5.41, 5.74) is -0.0518. The molecular formula is C28H42Cl2O6. The van der Waals surface area contributed by atoms with Crippen LogP contribution >= 0.6 is 23.2 Å². The number of aliphatic carboxylic acids is 1. The summed E-state index contributed by atoms with van der Waals surface area (Å²) in [5.74, 6) is 0.798. The van der Waals surface area contributed by atoms with Crippen LogP contribution < -0.4 is 0 Å². The highest BCUT2D eigenvalue weighted by atomic mass is 35.5. The zero-order chi connectivity index (χ0) is 26.3. The van der Waals surface area contributed by atoms with Crippen LogP contribution in [0.5, 0.6) is 0 Å². The molecular weight excluding hydrogens is 503 g/mol. The van der Waals surface area contributed by atoms with Gasteiger partial charge in [0, 0.05) is 11.8 Å². The zero-order valence-electron chi connectivity index (χ0n) is 21.8. The van der Waals surface area contributed by atoms with Crippen LogP contribution in [-0.2, 0) is 23.9 Å². The topological polar surface area (TPSA) is 89.9 Å². The molecule has 0 aromatic heterocycles. The van der Waals surface area contributed by atoms with Crippen molar-refractivity contribution in [3.05, 3.63) is 0 Å². The Balaban J connectivity index is 1.59. The predicted molar refractivity (Wildman–Crippen MR) is 138 cm³/mol. The van der Waals surface area contributed by atoms with Crippen molar-refractivity contribution in [2.75, 3.05) is 11.8 Å². The first kappa shape index (κ1) is 28.0. The van der Waals surface area contributed by atoms with Gasteiger partial charge < -0.3 is 14.6 Å². The maximum atomic E-state index is 12.5. The molecule has 0 heterocycles. The van der Waals surface area contributed by atoms with E-state index in [1.54, 1.807) is 0 Å². The number of ether oxygens (including phenoxy) is 2. The second-order valence-corrected chi connectivity index (χ2v) is 13.0. The fourth-order valence-corrected chi connectivity index (χ4v) is 9.48. The Morgan fingerprint density at radius 3 is 2.31 bits per heavy atom. The molecule has 4 saturated carbocycles. The number of halogens is 2. The van der Waals surface area contributed by atoms with Crippen LogP contribution in [-0.4, -0.2) is 47.0 Å². The number of hydrogen-bond donors (Lipinski definition) is 1. The van der Waals surface area contributed by atoms with E-state index in [0.717, 1.165) is 51.4 Å². The summed E-state index contributed by atoms with van der Waals surface area (Å²) in [6.07, 6.45) is 8.54. The summed E-state index contributed by atoms with van der Waals surface area (Å²) in [7, 11) is 0. The first-order valence-corrected chi connectivity index (χ1v) is 14.8. The third kappa shape index (κ3) is 5.02. The molecule has 0 spiro atoms. The minimum atomic E-state index is -0.756. The molecule has 1 N–H and O–H groups in total. The molecule has 6 nitrogen and oxygen atoms in total. The lowest BCUT2D eigenvalue weighted by Gasteiger charge is -2.62. The van der Waals surface area contributed by atoms with Crippen molar-refractivity contribution in [3.8, 4) is 0 Å². The fourth-order valence-electron chi connectivity index (χ4n) is 9.36. The van der Waals surface area contributed by atoms with Crippen LogP contribution in [0.2, 0.25) is 0 Å². The van der Waals surface area contributed by atoms with Crippen molar-refractivity contribution in [2.45, 2.75) is 97.2 Å². The molecule has 4 aliphatic carbocycles. The monoisotopic (exact) mass is 544 g/mol. The number of hydrogen-bond acceptors (Lipinski definition) is 5. The second kappa shape index (κ2) is 11.0. The number of carbonyl (C=O) groups is 3. The van der Waals surface area contributed by atoms with Gasteiger partial charge in [-0.3, -0.25) is 14.4 Å². The van der Waals surface area contributed by atoms with Crippen molar-refractivity contribution < 1.29 is 29.0 Å². The van der Waals surface area contributed by atoms with Gasteiger partial charge in [0.15, 0.2) is 0 Å². The molecule has 4 aliphatic rings. The predicted octanol–water partition coefficient (Wildman–Crippen LogP) is 6.06. The minimum absolute atomic E-state index is 0.0597. The first-order valence-electron chi connectivity index (χ1n) is 13.8. The van der Waals surface area contributed by atoms with Crippen LogP contribution in [0.25, 0.3) is 0 Å².